The number of rotatable bonds is 3. The Balaban J connectivity index is 0.00000112. The molecule has 1 aromatic rings. The Morgan fingerprint density at radius 1 is 1.67 bits per heavy atom. The lowest BCUT2D eigenvalue weighted by molar-refractivity contribution is 0.487. The summed E-state index contributed by atoms with van der Waals surface area (Å²) in [4.78, 5) is 6.43. The van der Waals surface area contributed by atoms with Crippen LogP contribution in [0, 0.1) is 0 Å². The highest BCUT2D eigenvalue weighted by atomic mass is 127. The minimum Gasteiger partial charge on any atom is -0.370 e. The van der Waals surface area contributed by atoms with E-state index in [0.717, 1.165) is 0 Å². The number of thiophene rings is 1. The maximum Gasteiger partial charge on any atom is 0.191 e. The van der Waals surface area contributed by atoms with Crippen molar-refractivity contribution in [3.05, 3.63) is 22.4 Å². The highest BCUT2D eigenvalue weighted by molar-refractivity contribution is 14.0. The first-order valence-electron chi connectivity index (χ1n) is 4.81. The summed E-state index contributed by atoms with van der Waals surface area (Å²) in [6, 6.07) is 2.72. The summed E-state index contributed by atoms with van der Waals surface area (Å²) in [5.41, 5.74) is 7.09. The standard InChI is InChI=1S/C10H15N3S.HI/c1-13(9-2-3-9)10(11)12-6-8-4-5-14-7-8;/h4-5,7,9H,2-3,6H2,1H3,(H2,11,12);1H. The molecule has 0 aromatic carbocycles. The van der Waals surface area contributed by atoms with Crippen molar-refractivity contribution in [1.82, 2.24) is 4.90 Å². The first-order valence-corrected chi connectivity index (χ1v) is 5.75. The van der Waals surface area contributed by atoms with Crippen molar-refractivity contribution in [2.45, 2.75) is 25.4 Å². The van der Waals surface area contributed by atoms with Gasteiger partial charge in [-0.2, -0.15) is 11.3 Å². The molecular formula is C10H16IN3S. The predicted octanol–water partition coefficient (Wildman–Crippen LogP) is 2.28. The Bertz CT molecular complexity index is 319. The van der Waals surface area contributed by atoms with Crippen LogP contribution in [-0.4, -0.2) is 23.9 Å². The smallest absolute Gasteiger partial charge is 0.191 e. The molecule has 1 aliphatic carbocycles. The van der Waals surface area contributed by atoms with Crippen molar-refractivity contribution in [3.8, 4) is 0 Å². The van der Waals surface area contributed by atoms with E-state index in [1.807, 2.05) is 7.05 Å². The molecule has 1 saturated carbocycles. The molecule has 0 atom stereocenters. The molecule has 0 spiro atoms. The second-order valence-corrected chi connectivity index (χ2v) is 4.43. The van der Waals surface area contributed by atoms with Crippen LogP contribution >= 0.6 is 35.3 Å². The molecule has 2 rings (SSSR count). The van der Waals surface area contributed by atoms with Gasteiger partial charge < -0.3 is 10.6 Å². The van der Waals surface area contributed by atoms with E-state index in [1.54, 1.807) is 11.3 Å². The van der Waals surface area contributed by atoms with Gasteiger partial charge in [-0.15, -0.1) is 24.0 Å². The zero-order chi connectivity index (χ0) is 9.97. The van der Waals surface area contributed by atoms with Crippen molar-refractivity contribution in [2.75, 3.05) is 7.05 Å². The fourth-order valence-electron chi connectivity index (χ4n) is 1.32. The molecule has 0 aliphatic heterocycles. The Morgan fingerprint density at radius 3 is 2.93 bits per heavy atom. The van der Waals surface area contributed by atoms with E-state index in [1.165, 1.54) is 18.4 Å². The van der Waals surface area contributed by atoms with E-state index in [4.69, 9.17) is 5.73 Å². The number of aliphatic imine (C=N–C) groups is 1. The SMILES string of the molecule is CN(C(N)=NCc1ccsc1)C1CC1.I. The van der Waals surface area contributed by atoms with Crippen molar-refractivity contribution in [3.63, 3.8) is 0 Å². The van der Waals surface area contributed by atoms with E-state index in [2.05, 4.69) is 26.7 Å². The van der Waals surface area contributed by atoms with Gasteiger partial charge in [0.05, 0.1) is 6.54 Å². The second kappa shape index (κ2) is 5.69. The van der Waals surface area contributed by atoms with Gasteiger partial charge in [-0.25, -0.2) is 4.99 Å². The third kappa shape index (κ3) is 3.64. The normalized spacial score (nSPS) is 15.9. The monoisotopic (exact) mass is 337 g/mol. The summed E-state index contributed by atoms with van der Waals surface area (Å²) >= 11 is 1.69. The molecular weight excluding hydrogens is 321 g/mol. The molecule has 1 fully saturated rings. The van der Waals surface area contributed by atoms with Gasteiger partial charge in [0.1, 0.15) is 0 Å². The fraction of sp³-hybridized carbons (Fsp3) is 0.500. The molecule has 84 valence electrons. The molecule has 5 heteroatoms. The molecule has 2 N–H and O–H groups in total. The molecule has 3 nitrogen and oxygen atoms in total. The van der Waals surface area contributed by atoms with Crippen molar-refractivity contribution >= 4 is 41.3 Å². The number of nitrogens with zero attached hydrogens (tertiary/aromatic N) is 2. The first kappa shape index (κ1) is 12.8. The predicted molar refractivity (Wildman–Crippen MR) is 75.8 cm³/mol. The van der Waals surface area contributed by atoms with Crippen LogP contribution in [0.4, 0.5) is 0 Å². The van der Waals surface area contributed by atoms with Crippen molar-refractivity contribution < 1.29 is 0 Å². The van der Waals surface area contributed by atoms with Crippen molar-refractivity contribution in [1.29, 1.82) is 0 Å². The molecule has 0 unspecified atom stereocenters. The highest BCUT2D eigenvalue weighted by Gasteiger charge is 2.27. The number of guanidine groups is 1. The molecule has 1 aromatic heterocycles. The van der Waals surface area contributed by atoms with Crippen LogP contribution < -0.4 is 5.73 Å². The average molecular weight is 337 g/mol. The summed E-state index contributed by atoms with van der Waals surface area (Å²) in [6.45, 7) is 0.701. The van der Waals surface area contributed by atoms with Gasteiger partial charge in [-0.1, -0.05) is 0 Å². The Labute approximate surface area is 111 Å². The van der Waals surface area contributed by atoms with Gasteiger partial charge in [0.25, 0.3) is 0 Å². The molecule has 1 aliphatic rings. The number of hydrogen-bond acceptors (Lipinski definition) is 2. The zero-order valence-corrected chi connectivity index (χ0v) is 11.9. The summed E-state index contributed by atoms with van der Waals surface area (Å²) in [6.07, 6.45) is 2.51. The molecule has 0 bridgehead atoms. The van der Waals surface area contributed by atoms with Gasteiger partial charge in [0.15, 0.2) is 5.96 Å². The van der Waals surface area contributed by atoms with E-state index in [0.29, 0.717) is 18.5 Å². The molecule has 15 heavy (non-hydrogen) atoms. The molecule has 0 amide bonds. The second-order valence-electron chi connectivity index (χ2n) is 3.65. The fourth-order valence-corrected chi connectivity index (χ4v) is 1.98. The van der Waals surface area contributed by atoms with Gasteiger partial charge >= 0.3 is 0 Å². The Morgan fingerprint density at radius 2 is 2.40 bits per heavy atom. The quantitative estimate of drug-likeness (QED) is 0.522. The Kier molecular flexibility index (Phi) is 4.85. The van der Waals surface area contributed by atoms with E-state index in [-0.39, 0.29) is 24.0 Å². The first-order chi connectivity index (χ1) is 6.77. The lowest BCUT2D eigenvalue weighted by Gasteiger charge is -2.16. The van der Waals surface area contributed by atoms with E-state index < -0.39 is 0 Å². The summed E-state index contributed by atoms with van der Waals surface area (Å²) < 4.78 is 0. The van der Waals surface area contributed by atoms with Gasteiger partial charge in [0, 0.05) is 13.1 Å². The van der Waals surface area contributed by atoms with Crippen LogP contribution in [0.15, 0.2) is 21.8 Å². The third-order valence-electron chi connectivity index (χ3n) is 2.46. The minimum absolute atomic E-state index is 0. The minimum atomic E-state index is 0. The summed E-state index contributed by atoms with van der Waals surface area (Å²) in [7, 11) is 2.02. The third-order valence-corrected chi connectivity index (χ3v) is 3.19. The number of nitrogens with two attached hydrogens (primary N) is 1. The lowest BCUT2D eigenvalue weighted by Crippen LogP contribution is -2.35. The van der Waals surface area contributed by atoms with Crippen LogP contribution in [-0.2, 0) is 6.54 Å². The van der Waals surface area contributed by atoms with Crippen molar-refractivity contribution in [2.24, 2.45) is 10.7 Å². The number of halogens is 1. The lowest BCUT2D eigenvalue weighted by atomic mass is 10.3. The maximum atomic E-state index is 5.85. The van der Waals surface area contributed by atoms with Gasteiger partial charge in [0.2, 0.25) is 0 Å². The van der Waals surface area contributed by atoms with Crippen LogP contribution in [0.5, 0.6) is 0 Å². The highest BCUT2D eigenvalue weighted by Crippen LogP contribution is 2.24. The molecule has 0 saturated heterocycles. The average Bonchev–Trinajstić information content (AvgIpc) is 2.91. The molecule has 1 heterocycles. The Hall–Kier alpha value is -0.300. The zero-order valence-electron chi connectivity index (χ0n) is 8.72. The van der Waals surface area contributed by atoms with Crippen LogP contribution in [0.1, 0.15) is 18.4 Å². The van der Waals surface area contributed by atoms with Gasteiger partial charge in [-0.05, 0) is 35.2 Å². The summed E-state index contributed by atoms with van der Waals surface area (Å²) in [5, 5.41) is 4.17. The van der Waals surface area contributed by atoms with E-state index in [9.17, 15) is 0 Å². The van der Waals surface area contributed by atoms with Crippen LogP contribution in [0.2, 0.25) is 0 Å². The van der Waals surface area contributed by atoms with Gasteiger partial charge in [-0.3, -0.25) is 0 Å². The summed E-state index contributed by atoms with van der Waals surface area (Å²) in [5.74, 6) is 0.665. The number of hydrogen-bond donors (Lipinski definition) is 1. The largest absolute Gasteiger partial charge is 0.370 e. The van der Waals surface area contributed by atoms with Crippen LogP contribution in [0.3, 0.4) is 0 Å². The van der Waals surface area contributed by atoms with Crippen LogP contribution in [0.25, 0.3) is 0 Å². The molecule has 0 radical (unpaired) electrons. The topological polar surface area (TPSA) is 41.6 Å². The van der Waals surface area contributed by atoms with E-state index >= 15 is 0 Å². The maximum absolute atomic E-state index is 5.85.